The van der Waals surface area contributed by atoms with Crippen molar-refractivity contribution in [3.8, 4) is 0 Å². The summed E-state index contributed by atoms with van der Waals surface area (Å²) in [4.78, 5) is 9.79. The van der Waals surface area contributed by atoms with Crippen LogP contribution in [0, 0.1) is 5.92 Å². The highest BCUT2D eigenvalue weighted by atomic mass is 16.1. The molecule has 0 amide bonds. The predicted molar refractivity (Wildman–Crippen MR) is 34.7 cm³/mol. The van der Waals surface area contributed by atoms with Crippen LogP contribution in [0.1, 0.15) is 19.8 Å². The summed E-state index contributed by atoms with van der Waals surface area (Å²) in [6.45, 7) is 5.65. The van der Waals surface area contributed by atoms with E-state index in [0.717, 1.165) is 12.7 Å². The molecule has 0 aliphatic carbocycles. The van der Waals surface area contributed by atoms with Gasteiger partial charge in [-0.1, -0.05) is 13.0 Å². The fraction of sp³-hybridized carbons (Fsp3) is 0.571. The van der Waals surface area contributed by atoms with Gasteiger partial charge < -0.3 is 4.79 Å². The van der Waals surface area contributed by atoms with Gasteiger partial charge in [-0.25, -0.2) is 0 Å². The standard InChI is InChI=1S/C7H12O/c1-3-7(2)5-4-6-8/h3,6-7H,1,4-5H2,2H3/t7-/m1/s1. The summed E-state index contributed by atoms with van der Waals surface area (Å²) in [6.07, 6.45) is 4.41. The first-order valence-corrected chi connectivity index (χ1v) is 2.87. The molecule has 0 saturated heterocycles. The van der Waals surface area contributed by atoms with Crippen molar-refractivity contribution in [3.63, 3.8) is 0 Å². The summed E-state index contributed by atoms with van der Waals surface area (Å²) >= 11 is 0. The molecule has 1 nitrogen and oxygen atoms in total. The van der Waals surface area contributed by atoms with E-state index < -0.39 is 0 Å². The Labute approximate surface area is 50.4 Å². The van der Waals surface area contributed by atoms with Crippen molar-refractivity contribution in [2.24, 2.45) is 5.92 Å². The number of allylic oxidation sites excluding steroid dienone is 1. The van der Waals surface area contributed by atoms with Crippen molar-refractivity contribution in [1.82, 2.24) is 0 Å². The minimum atomic E-state index is 0.486. The van der Waals surface area contributed by atoms with Gasteiger partial charge in [0.15, 0.2) is 0 Å². The van der Waals surface area contributed by atoms with Crippen molar-refractivity contribution < 1.29 is 4.79 Å². The molecule has 0 aliphatic rings. The summed E-state index contributed by atoms with van der Waals surface area (Å²) in [5.74, 6) is 0.486. The molecule has 8 heavy (non-hydrogen) atoms. The van der Waals surface area contributed by atoms with E-state index >= 15 is 0 Å². The van der Waals surface area contributed by atoms with Gasteiger partial charge in [-0.2, -0.15) is 0 Å². The van der Waals surface area contributed by atoms with Crippen LogP contribution in [-0.2, 0) is 4.79 Å². The smallest absolute Gasteiger partial charge is 0.120 e. The zero-order chi connectivity index (χ0) is 6.41. The number of carbonyl (C=O) groups excluding carboxylic acids is 1. The van der Waals surface area contributed by atoms with Gasteiger partial charge in [0.2, 0.25) is 0 Å². The van der Waals surface area contributed by atoms with Crippen LogP contribution in [-0.4, -0.2) is 6.29 Å². The van der Waals surface area contributed by atoms with E-state index in [9.17, 15) is 4.79 Å². The van der Waals surface area contributed by atoms with Crippen LogP contribution in [0.4, 0.5) is 0 Å². The number of hydrogen-bond donors (Lipinski definition) is 0. The van der Waals surface area contributed by atoms with Crippen LogP contribution in [0.5, 0.6) is 0 Å². The van der Waals surface area contributed by atoms with Gasteiger partial charge in [-0.05, 0) is 12.3 Å². The molecule has 0 unspecified atom stereocenters. The lowest BCUT2D eigenvalue weighted by molar-refractivity contribution is -0.108. The lowest BCUT2D eigenvalue weighted by Gasteiger charge is -1.98. The molecule has 0 N–H and O–H groups in total. The van der Waals surface area contributed by atoms with Crippen molar-refractivity contribution in [3.05, 3.63) is 12.7 Å². The lowest BCUT2D eigenvalue weighted by atomic mass is 10.1. The minimum absolute atomic E-state index is 0.486. The zero-order valence-electron chi connectivity index (χ0n) is 5.26. The third kappa shape index (κ3) is 3.59. The lowest BCUT2D eigenvalue weighted by Crippen LogP contribution is -1.87. The SMILES string of the molecule is C=C[C@@H](C)CCC=O. The van der Waals surface area contributed by atoms with Crippen LogP contribution in [0.15, 0.2) is 12.7 Å². The molecule has 0 aromatic rings. The quantitative estimate of drug-likeness (QED) is 0.400. The minimum Gasteiger partial charge on any atom is -0.303 e. The predicted octanol–water partition coefficient (Wildman–Crippen LogP) is 1.79. The number of hydrogen-bond acceptors (Lipinski definition) is 1. The van der Waals surface area contributed by atoms with Gasteiger partial charge in [-0.15, -0.1) is 6.58 Å². The second-order valence-electron chi connectivity index (χ2n) is 1.96. The second kappa shape index (κ2) is 4.57. The Balaban J connectivity index is 3.09. The first-order chi connectivity index (χ1) is 3.81. The molecule has 0 heterocycles. The Morgan fingerprint density at radius 1 is 1.75 bits per heavy atom. The van der Waals surface area contributed by atoms with Crippen LogP contribution >= 0.6 is 0 Å². The Morgan fingerprint density at radius 3 is 2.75 bits per heavy atom. The Morgan fingerprint density at radius 2 is 2.38 bits per heavy atom. The van der Waals surface area contributed by atoms with E-state index in [-0.39, 0.29) is 0 Å². The molecule has 0 aliphatic heterocycles. The average molecular weight is 112 g/mol. The van der Waals surface area contributed by atoms with Gasteiger partial charge in [0.05, 0.1) is 0 Å². The zero-order valence-corrected chi connectivity index (χ0v) is 5.26. The Hall–Kier alpha value is -0.590. The summed E-state index contributed by atoms with van der Waals surface area (Å²) < 4.78 is 0. The molecular weight excluding hydrogens is 100 g/mol. The average Bonchev–Trinajstić information content (AvgIpc) is 1.83. The van der Waals surface area contributed by atoms with E-state index in [0.29, 0.717) is 12.3 Å². The van der Waals surface area contributed by atoms with E-state index in [1.807, 2.05) is 6.08 Å². The molecule has 0 aromatic heterocycles. The van der Waals surface area contributed by atoms with E-state index in [4.69, 9.17) is 0 Å². The van der Waals surface area contributed by atoms with E-state index in [1.165, 1.54) is 0 Å². The molecule has 0 radical (unpaired) electrons. The normalized spacial score (nSPS) is 12.6. The Kier molecular flexibility index (Phi) is 4.23. The van der Waals surface area contributed by atoms with Crippen molar-refractivity contribution in [2.45, 2.75) is 19.8 Å². The van der Waals surface area contributed by atoms with Gasteiger partial charge in [0.1, 0.15) is 6.29 Å². The number of aldehydes is 1. The number of rotatable bonds is 4. The largest absolute Gasteiger partial charge is 0.303 e. The molecule has 0 spiro atoms. The summed E-state index contributed by atoms with van der Waals surface area (Å²) in [6, 6.07) is 0. The molecule has 0 rings (SSSR count). The van der Waals surface area contributed by atoms with Gasteiger partial charge in [0.25, 0.3) is 0 Å². The highest BCUT2D eigenvalue weighted by molar-refractivity contribution is 5.49. The van der Waals surface area contributed by atoms with Gasteiger partial charge >= 0.3 is 0 Å². The van der Waals surface area contributed by atoms with E-state index in [1.54, 1.807) is 0 Å². The maximum Gasteiger partial charge on any atom is 0.120 e. The molecule has 1 atom stereocenters. The second-order valence-corrected chi connectivity index (χ2v) is 1.96. The van der Waals surface area contributed by atoms with Crippen LogP contribution in [0.3, 0.4) is 0 Å². The van der Waals surface area contributed by atoms with Crippen molar-refractivity contribution >= 4 is 6.29 Å². The fourth-order valence-electron chi connectivity index (χ4n) is 0.449. The summed E-state index contributed by atoms with van der Waals surface area (Å²) in [7, 11) is 0. The molecule has 0 saturated carbocycles. The topological polar surface area (TPSA) is 17.1 Å². The van der Waals surface area contributed by atoms with Gasteiger partial charge in [0, 0.05) is 6.42 Å². The maximum atomic E-state index is 9.79. The first kappa shape index (κ1) is 7.41. The van der Waals surface area contributed by atoms with Crippen LogP contribution in [0.25, 0.3) is 0 Å². The van der Waals surface area contributed by atoms with E-state index in [2.05, 4.69) is 13.5 Å². The third-order valence-corrected chi connectivity index (χ3v) is 1.14. The molecular formula is C7H12O. The van der Waals surface area contributed by atoms with Crippen molar-refractivity contribution in [1.29, 1.82) is 0 Å². The Bertz CT molecular complexity index is 76.5. The first-order valence-electron chi connectivity index (χ1n) is 2.87. The molecule has 0 fully saturated rings. The monoisotopic (exact) mass is 112 g/mol. The number of carbonyl (C=O) groups is 1. The fourth-order valence-corrected chi connectivity index (χ4v) is 0.449. The van der Waals surface area contributed by atoms with Crippen LogP contribution in [0.2, 0.25) is 0 Å². The highest BCUT2D eigenvalue weighted by Gasteiger charge is 1.91. The van der Waals surface area contributed by atoms with Crippen LogP contribution < -0.4 is 0 Å². The van der Waals surface area contributed by atoms with Gasteiger partial charge in [-0.3, -0.25) is 0 Å². The third-order valence-electron chi connectivity index (χ3n) is 1.14. The molecule has 0 bridgehead atoms. The molecule has 0 aromatic carbocycles. The highest BCUT2D eigenvalue weighted by Crippen LogP contribution is 2.02. The summed E-state index contributed by atoms with van der Waals surface area (Å²) in [5, 5.41) is 0. The summed E-state index contributed by atoms with van der Waals surface area (Å²) in [5.41, 5.74) is 0. The maximum absolute atomic E-state index is 9.79. The molecule has 46 valence electrons. The van der Waals surface area contributed by atoms with Crippen molar-refractivity contribution in [2.75, 3.05) is 0 Å². The molecule has 1 heteroatoms.